The molecule has 6 nitrogen and oxygen atoms in total. The third kappa shape index (κ3) is 4.62. The van der Waals surface area contributed by atoms with Crippen molar-refractivity contribution in [2.75, 3.05) is 18.4 Å². The number of amidine groups is 1. The Morgan fingerprint density at radius 2 is 1.81 bits per heavy atom. The molecule has 0 atom stereocenters. The molecular formula is C20H24N5OS+. The molecule has 1 aliphatic rings. The van der Waals surface area contributed by atoms with Crippen LogP contribution in [0.2, 0.25) is 0 Å². The number of rotatable bonds is 3. The number of carbonyl (C=O) groups is 1. The molecule has 0 bridgehead atoms. The SMILES string of the molecule is Cc1cccc(C)c1NC(=S)NNC(=O)c1ccccc1C1=[NH+]CCCN1. The summed E-state index contributed by atoms with van der Waals surface area (Å²) in [5.74, 6) is 0.626. The molecule has 5 N–H and O–H groups in total. The summed E-state index contributed by atoms with van der Waals surface area (Å²) in [4.78, 5) is 16.0. The van der Waals surface area contributed by atoms with E-state index in [2.05, 4.69) is 26.5 Å². The summed E-state index contributed by atoms with van der Waals surface area (Å²) in [6, 6.07) is 13.5. The number of hydrogen-bond donors (Lipinski definition) is 5. The summed E-state index contributed by atoms with van der Waals surface area (Å²) in [5.41, 5.74) is 9.98. The second-order valence-corrected chi connectivity index (χ2v) is 6.84. The van der Waals surface area contributed by atoms with Gasteiger partial charge in [0.15, 0.2) is 5.11 Å². The van der Waals surface area contributed by atoms with Gasteiger partial charge in [-0.3, -0.25) is 26.0 Å². The third-order valence-corrected chi connectivity index (χ3v) is 4.61. The molecule has 27 heavy (non-hydrogen) atoms. The van der Waals surface area contributed by atoms with Crippen molar-refractivity contribution >= 4 is 34.8 Å². The van der Waals surface area contributed by atoms with Gasteiger partial charge in [-0.15, -0.1) is 0 Å². The minimum absolute atomic E-state index is 0.252. The van der Waals surface area contributed by atoms with Crippen LogP contribution in [0, 0.1) is 13.8 Å². The van der Waals surface area contributed by atoms with Crippen LogP contribution in [-0.4, -0.2) is 29.9 Å². The van der Waals surface area contributed by atoms with Crippen LogP contribution in [0.25, 0.3) is 0 Å². The Balaban J connectivity index is 1.66. The van der Waals surface area contributed by atoms with Gasteiger partial charge in [0.2, 0.25) is 0 Å². The number of para-hydroxylation sites is 1. The molecule has 1 aliphatic heterocycles. The van der Waals surface area contributed by atoms with E-state index in [0.29, 0.717) is 10.7 Å². The number of thiocarbonyl (C=S) groups is 1. The zero-order chi connectivity index (χ0) is 19.2. The number of aryl methyl sites for hydroxylation is 2. The second-order valence-electron chi connectivity index (χ2n) is 6.43. The van der Waals surface area contributed by atoms with Crippen molar-refractivity contribution in [1.29, 1.82) is 0 Å². The van der Waals surface area contributed by atoms with Gasteiger partial charge in [0.05, 0.1) is 24.2 Å². The number of carbonyl (C=O) groups excluding carboxylic acids is 1. The zero-order valence-electron chi connectivity index (χ0n) is 15.5. The first-order valence-corrected chi connectivity index (χ1v) is 9.34. The Labute approximate surface area is 164 Å². The van der Waals surface area contributed by atoms with Crippen molar-refractivity contribution in [3.8, 4) is 0 Å². The molecule has 0 aliphatic carbocycles. The summed E-state index contributed by atoms with van der Waals surface area (Å²) >= 11 is 5.31. The molecule has 7 heteroatoms. The fourth-order valence-electron chi connectivity index (χ4n) is 3.00. The monoisotopic (exact) mass is 382 g/mol. The van der Waals surface area contributed by atoms with E-state index in [9.17, 15) is 4.79 Å². The standard InChI is InChI=1S/C20H23N5OS/c1-13-7-5-8-14(2)17(13)23-20(27)25-24-19(26)16-10-4-3-9-15(16)18-21-11-6-12-22-18/h3-5,7-10H,6,11-12H2,1-2H3,(H,21,22)(H,24,26)(H2,23,25,27)/p+1. The van der Waals surface area contributed by atoms with Gasteiger partial charge in [-0.05, 0) is 49.3 Å². The Morgan fingerprint density at radius 1 is 1.07 bits per heavy atom. The van der Waals surface area contributed by atoms with Gasteiger partial charge in [0.1, 0.15) is 0 Å². The number of anilines is 1. The zero-order valence-corrected chi connectivity index (χ0v) is 16.3. The van der Waals surface area contributed by atoms with Crippen molar-refractivity contribution < 1.29 is 9.79 Å². The molecule has 0 saturated heterocycles. The van der Waals surface area contributed by atoms with Gasteiger partial charge in [0, 0.05) is 12.1 Å². The quantitative estimate of drug-likeness (QED) is 0.400. The van der Waals surface area contributed by atoms with Gasteiger partial charge in [-0.2, -0.15) is 0 Å². The Hall–Kier alpha value is -2.93. The van der Waals surface area contributed by atoms with Crippen LogP contribution in [0.5, 0.6) is 0 Å². The van der Waals surface area contributed by atoms with Crippen LogP contribution in [0.4, 0.5) is 5.69 Å². The smallest absolute Gasteiger partial charge is 0.275 e. The van der Waals surface area contributed by atoms with Gasteiger partial charge >= 0.3 is 0 Å². The van der Waals surface area contributed by atoms with Crippen LogP contribution in [0.1, 0.15) is 33.5 Å². The first-order valence-electron chi connectivity index (χ1n) is 8.94. The maximum absolute atomic E-state index is 12.7. The lowest BCUT2D eigenvalue weighted by molar-refractivity contribution is -0.463. The molecule has 1 amide bonds. The third-order valence-electron chi connectivity index (χ3n) is 4.41. The van der Waals surface area contributed by atoms with Crippen LogP contribution in [-0.2, 0) is 0 Å². The van der Waals surface area contributed by atoms with E-state index < -0.39 is 0 Å². The van der Waals surface area contributed by atoms with E-state index >= 15 is 0 Å². The molecule has 140 valence electrons. The summed E-state index contributed by atoms with van der Waals surface area (Å²) in [7, 11) is 0. The molecule has 0 unspecified atom stereocenters. The average Bonchev–Trinajstić information content (AvgIpc) is 2.70. The first kappa shape index (κ1) is 18.8. The molecule has 1 heterocycles. The van der Waals surface area contributed by atoms with E-state index in [-0.39, 0.29) is 5.91 Å². The van der Waals surface area contributed by atoms with Crippen molar-refractivity contribution in [2.45, 2.75) is 20.3 Å². The van der Waals surface area contributed by atoms with Crippen molar-refractivity contribution in [3.63, 3.8) is 0 Å². The lowest BCUT2D eigenvalue weighted by Gasteiger charge is -2.16. The number of amides is 1. The largest absolute Gasteiger partial charge is 0.331 e. The van der Waals surface area contributed by atoms with E-state index in [1.165, 1.54) is 0 Å². The average molecular weight is 383 g/mol. The van der Waals surface area contributed by atoms with E-state index in [4.69, 9.17) is 12.2 Å². The molecule has 2 aromatic rings. The maximum atomic E-state index is 12.7. The fourth-order valence-corrected chi connectivity index (χ4v) is 3.16. The topological polar surface area (TPSA) is 79.2 Å². The lowest BCUT2D eigenvalue weighted by Crippen LogP contribution is -2.79. The highest BCUT2D eigenvalue weighted by Gasteiger charge is 2.20. The van der Waals surface area contributed by atoms with Crippen LogP contribution in [0.15, 0.2) is 42.5 Å². The highest BCUT2D eigenvalue weighted by molar-refractivity contribution is 7.80. The normalized spacial score (nSPS) is 13.2. The fraction of sp³-hybridized carbons (Fsp3) is 0.250. The predicted octanol–water partition coefficient (Wildman–Crippen LogP) is 0.755. The molecule has 0 spiro atoms. The summed E-state index contributed by atoms with van der Waals surface area (Å²) < 4.78 is 0. The molecular weight excluding hydrogens is 358 g/mol. The molecule has 0 aromatic heterocycles. The van der Waals surface area contributed by atoms with Crippen molar-refractivity contribution in [3.05, 3.63) is 64.7 Å². The molecule has 0 saturated carbocycles. The van der Waals surface area contributed by atoms with Gasteiger partial charge in [-0.1, -0.05) is 30.3 Å². The van der Waals surface area contributed by atoms with Crippen LogP contribution >= 0.6 is 12.2 Å². The first-order chi connectivity index (χ1) is 13.1. The Bertz CT molecular complexity index is 873. The predicted molar refractivity (Wildman–Crippen MR) is 112 cm³/mol. The molecule has 2 aromatic carbocycles. The van der Waals surface area contributed by atoms with E-state index in [0.717, 1.165) is 47.7 Å². The Kier molecular flexibility index (Phi) is 6.03. The highest BCUT2D eigenvalue weighted by Crippen LogP contribution is 2.19. The number of hydrazine groups is 1. The highest BCUT2D eigenvalue weighted by atomic mass is 32.1. The number of hydrogen-bond acceptors (Lipinski definition) is 3. The minimum atomic E-state index is -0.252. The number of nitrogens with one attached hydrogen (secondary N) is 5. The summed E-state index contributed by atoms with van der Waals surface area (Å²) in [6.07, 6.45) is 1.05. The van der Waals surface area contributed by atoms with Crippen LogP contribution in [0.3, 0.4) is 0 Å². The van der Waals surface area contributed by atoms with Crippen molar-refractivity contribution in [2.24, 2.45) is 0 Å². The van der Waals surface area contributed by atoms with Gasteiger partial charge in [0.25, 0.3) is 11.7 Å². The summed E-state index contributed by atoms with van der Waals surface area (Å²) in [6.45, 7) is 5.79. The second kappa shape index (κ2) is 8.64. The maximum Gasteiger partial charge on any atom is 0.275 e. The van der Waals surface area contributed by atoms with Gasteiger partial charge < -0.3 is 5.32 Å². The minimum Gasteiger partial charge on any atom is -0.331 e. The van der Waals surface area contributed by atoms with Crippen molar-refractivity contribution in [1.82, 2.24) is 16.2 Å². The summed E-state index contributed by atoms with van der Waals surface area (Å²) in [5, 5.41) is 6.78. The molecule has 0 radical (unpaired) electrons. The van der Waals surface area contributed by atoms with Crippen LogP contribution < -0.4 is 26.5 Å². The Morgan fingerprint density at radius 3 is 2.52 bits per heavy atom. The van der Waals surface area contributed by atoms with E-state index in [1.54, 1.807) is 6.07 Å². The van der Waals surface area contributed by atoms with Gasteiger partial charge in [-0.25, -0.2) is 0 Å². The lowest BCUT2D eigenvalue weighted by atomic mass is 10.1. The molecule has 3 rings (SSSR count). The van der Waals surface area contributed by atoms with E-state index in [1.807, 2.05) is 50.2 Å². The number of benzene rings is 2. The molecule has 0 fully saturated rings.